The topological polar surface area (TPSA) is 12.0 Å². The van der Waals surface area contributed by atoms with Gasteiger partial charge in [0.1, 0.15) is 0 Å². The van der Waals surface area contributed by atoms with Crippen LogP contribution in [0.15, 0.2) is 18.2 Å². The van der Waals surface area contributed by atoms with Crippen LogP contribution in [0.3, 0.4) is 0 Å². The number of aryl methyl sites for hydroxylation is 2. The van der Waals surface area contributed by atoms with Crippen molar-refractivity contribution in [3.63, 3.8) is 0 Å². The Balaban J connectivity index is 2.70. The third-order valence-corrected chi connectivity index (χ3v) is 2.09. The number of benzene rings is 1. The Labute approximate surface area is 81.2 Å². The van der Waals surface area contributed by atoms with Gasteiger partial charge >= 0.3 is 0 Å². The molecule has 0 spiro atoms. The maximum absolute atomic E-state index is 3.45. The van der Waals surface area contributed by atoms with Gasteiger partial charge in [0.15, 0.2) is 0 Å². The molecule has 1 rings (SSSR count). The standard InChI is InChI=1S/C12H19N/c1-9(2)8-13-12-7-10(3)5-6-11(12)4/h5-7,9,13H,8H2,1-4H3. The van der Waals surface area contributed by atoms with Crippen LogP contribution in [0.2, 0.25) is 0 Å². The highest BCUT2D eigenvalue weighted by Crippen LogP contribution is 2.16. The lowest BCUT2D eigenvalue weighted by atomic mass is 10.1. The lowest BCUT2D eigenvalue weighted by Crippen LogP contribution is -2.08. The largest absolute Gasteiger partial charge is 0.385 e. The van der Waals surface area contributed by atoms with Crippen LogP contribution in [-0.2, 0) is 0 Å². The Morgan fingerprint density at radius 1 is 1.23 bits per heavy atom. The zero-order valence-corrected chi connectivity index (χ0v) is 9.02. The lowest BCUT2D eigenvalue weighted by molar-refractivity contribution is 0.688. The fourth-order valence-electron chi connectivity index (χ4n) is 1.24. The summed E-state index contributed by atoms with van der Waals surface area (Å²) in [6.07, 6.45) is 0. The number of nitrogens with one attached hydrogen (secondary N) is 1. The molecule has 1 nitrogen and oxygen atoms in total. The molecule has 0 unspecified atom stereocenters. The zero-order chi connectivity index (χ0) is 9.84. The van der Waals surface area contributed by atoms with Crippen molar-refractivity contribution in [1.82, 2.24) is 0 Å². The third-order valence-electron chi connectivity index (χ3n) is 2.09. The minimum Gasteiger partial charge on any atom is -0.385 e. The third kappa shape index (κ3) is 3.10. The summed E-state index contributed by atoms with van der Waals surface area (Å²) < 4.78 is 0. The van der Waals surface area contributed by atoms with E-state index in [0.717, 1.165) is 6.54 Å². The first-order chi connectivity index (χ1) is 6.09. The highest BCUT2D eigenvalue weighted by molar-refractivity contribution is 5.52. The molecule has 0 aromatic heterocycles. The fourth-order valence-corrected chi connectivity index (χ4v) is 1.24. The van der Waals surface area contributed by atoms with Gasteiger partial charge in [0.25, 0.3) is 0 Å². The fraction of sp³-hybridized carbons (Fsp3) is 0.500. The molecule has 0 aliphatic carbocycles. The van der Waals surface area contributed by atoms with Crippen LogP contribution in [0.5, 0.6) is 0 Å². The summed E-state index contributed by atoms with van der Waals surface area (Å²) in [6.45, 7) is 9.75. The molecule has 0 saturated carbocycles. The summed E-state index contributed by atoms with van der Waals surface area (Å²) in [6, 6.07) is 6.52. The Morgan fingerprint density at radius 3 is 2.54 bits per heavy atom. The predicted molar refractivity (Wildman–Crippen MR) is 59.2 cm³/mol. The van der Waals surface area contributed by atoms with Gasteiger partial charge in [-0.1, -0.05) is 26.0 Å². The SMILES string of the molecule is Cc1ccc(C)c(NCC(C)C)c1. The molecule has 72 valence electrons. The average molecular weight is 177 g/mol. The number of anilines is 1. The molecule has 1 heteroatoms. The molecule has 0 aliphatic rings. The van der Waals surface area contributed by atoms with Crippen molar-refractivity contribution in [2.45, 2.75) is 27.7 Å². The van der Waals surface area contributed by atoms with Crippen molar-refractivity contribution >= 4 is 5.69 Å². The maximum Gasteiger partial charge on any atom is 0.0372 e. The van der Waals surface area contributed by atoms with Crippen LogP contribution in [0.25, 0.3) is 0 Å². The van der Waals surface area contributed by atoms with Crippen LogP contribution in [0.4, 0.5) is 5.69 Å². The smallest absolute Gasteiger partial charge is 0.0372 e. The minimum atomic E-state index is 0.694. The van der Waals surface area contributed by atoms with E-state index in [-0.39, 0.29) is 0 Å². The van der Waals surface area contributed by atoms with E-state index >= 15 is 0 Å². The van der Waals surface area contributed by atoms with Gasteiger partial charge in [0.05, 0.1) is 0 Å². The summed E-state index contributed by atoms with van der Waals surface area (Å²) in [5.41, 5.74) is 3.91. The van der Waals surface area contributed by atoms with Crippen molar-refractivity contribution in [2.75, 3.05) is 11.9 Å². The summed E-state index contributed by atoms with van der Waals surface area (Å²) >= 11 is 0. The van der Waals surface area contributed by atoms with E-state index < -0.39 is 0 Å². The van der Waals surface area contributed by atoms with E-state index in [1.165, 1.54) is 16.8 Å². The maximum atomic E-state index is 3.45. The van der Waals surface area contributed by atoms with Gasteiger partial charge in [-0.3, -0.25) is 0 Å². The van der Waals surface area contributed by atoms with E-state index in [0.29, 0.717) is 5.92 Å². The highest BCUT2D eigenvalue weighted by atomic mass is 14.9. The lowest BCUT2D eigenvalue weighted by Gasteiger charge is -2.12. The number of rotatable bonds is 3. The quantitative estimate of drug-likeness (QED) is 0.746. The van der Waals surface area contributed by atoms with Gasteiger partial charge in [0.2, 0.25) is 0 Å². The van der Waals surface area contributed by atoms with Gasteiger partial charge in [-0.2, -0.15) is 0 Å². The van der Waals surface area contributed by atoms with Gasteiger partial charge in [0, 0.05) is 12.2 Å². The van der Waals surface area contributed by atoms with Crippen LogP contribution in [0, 0.1) is 19.8 Å². The second-order valence-corrected chi connectivity index (χ2v) is 4.09. The monoisotopic (exact) mass is 177 g/mol. The average Bonchev–Trinajstić information content (AvgIpc) is 2.06. The molecule has 0 atom stereocenters. The van der Waals surface area contributed by atoms with Gasteiger partial charge < -0.3 is 5.32 Å². The molecule has 0 bridgehead atoms. The summed E-state index contributed by atoms with van der Waals surface area (Å²) in [5.74, 6) is 0.694. The van der Waals surface area contributed by atoms with Crippen LogP contribution >= 0.6 is 0 Å². The Bertz CT molecular complexity index is 276. The van der Waals surface area contributed by atoms with E-state index in [1.54, 1.807) is 0 Å². The summed E-state index contributed by atoms with van der Waals surface area (Å²) in [5, 5.41) is 3.45. The second kappa shape index (κ2) is 4.31. The minimum absolute atomic E-state index is 0.694. The summed E-state index contributed by atoms with van der Waals surface area (Å²) in [4.78, 5) is 0. The first kappa shape index (κ1) is 10.1. The molecular weight excluding hydrogens is 158 g/mol. The second-order valence-electron chi connectivity index (χ2n) is 4.09. The molecule has 13 heavy (non-hydrogen) atoms. The molecular formula is C12H19N. The van der Waals surface area contributed by atoms with Gasteiger partial charge in [-0.15, -0.1) is 0 Å². The van der Waals surface area contributed by atoms with E-state index in [1.807, 2.05) is 0 Å². The number of hydrogen-bond acceptors (Lipinski definition) is 1. The Kier molecular flexibility index (Phi) is 3.35. The van der Waals surface area contributed by atoms with Crippen molar-refractivity contribution in [3.8, 4) is 0 Å². The first-order valence-electron chi connectivity index (χ1n) is 4.90. The molecule has 0 saturated heterocycles. The molecule has 0 heterocycles. The van der Waals surface area contributed by atoms with Crippen molar-refractivity contribution in [3.05, 3.63) is 29.3 Å². The molecule has 0 amide bonds. The zero-order valence-electron chi connectivity index (χ0n) is 9.02. The van der Waals surface area contributed by atoms with Crippen molar-refractivity contribution in [1.29, 1.82) is 0 Å². The Morgan fingerprint density at radius 2 is 1.92 bits per heavy atom. The van der Waals surface area contributed by atoms with E-state index in [4.69, 9.17) is 0 Å². The number of hydrogen-bond donors (Lipinski definition) is 1. The molecule has 0 fully saturated rings. The first-order valence-corrected chi connectivity index (χ1v) is 4.90. The molecule has 1 aromatic rings. The van der Waals surface area contributed by atoms with Crippen LogP contribution in [0.1, 0.15) is 25.0 Å². The molecule has 1 N–H and O–H groups in total. The van der Waals surface area contributed by atoms with E-state index in [9.17, 15) is 0 Å². The van der Waals surface area contributed by atoms with E-state index in [2.05, 4.69) is 51.2 Å². The molecule has 0 aliphatic heterocycles. The van der Waals surface area contributed by atoms with Gasteiger partial charge in [-0.05, 0) is 37.0 Å². The molecule has 1 aromatic carbocycles. The predicted octanol–water partition coefficient (Wildman–Crippen LogP) is 3.37. The summed E-state index contributed by atoms with van der Waals surface area (Å²) in [7, 11) is 0. The van der Waals surface area contributed by atoms with Crippen LogP contribution < -0.4 is 5.32 Å². The normalized spacial score (nSPS) is 10.5. The highest BCUT2D eigenvalue weighted by Gasteiger charge is 1.98. The van der Waals surface area contributed by atoms with Gasteiger partial charge in [-0.25, -0.2) is 0 Å². The Hall–Kier alpha value is -0.980. The molecule has 0 radical (unpaired) electrons. The van der Waals surface area contributed by atoms with Crippen molar-refractivity contribution < 1.29 is 0 Å². The van der Waals surface area contributed by atoms with Crippen molar-refractivity contribution in [2.24, 2.45) is 5.92 Å². The van der Waals surface area contributed by atoms with Crippen LogP contribution in [-0.4, -0.2) is 6.54 Å².